The third kappa shape index (κ3) is 7.80. The van der Waals surface area contributed by atoms with E-state index in [-0.39, 0.29) is 37.3 Å². The van der Waals surface area contributed by atoms with Crippen LogP contribution in [0.2, 0.25) is 0 Å². The zero-order chi connectivity index (χ0) is 22.6. The quantitative estimate of drug-likeness (QED) is 0.394. The fourth-order valence-electron chi connectivity index (χ4n) is 3.49. The van der Waals surface area contributed by atoms with Gasteiger partial charge in [0.15, 0.2) is 0 Å². The number of carbonyl (C=O) groups is 3. The summed E-state index contributed by atoms with van der Waals surface area (Å²) in [6.45, 7) is 2.18. The molecule has 7 nitrogen and oxygen atoms in total. The normalized spacial score (nSPS) is 10.3. The molecule has 2 aromatic carbocycles. The van der Waals surface area contributed by atoms with Crippen LogP contribution in [0.3, 0.4) is 0 Å². The van der Waals surface area contributed by atoms with Crippen LogP contribution in [0.1, 0.15) is 55.8 Å². The highest BCUT2D eigenvalue weighted by Gasteiger charge is 2.26. The summed E-state index contributed by atoms with van der Waals surface area (Å²) in [7, 11) is 1.48. The first kappa shape index (κ1) is 27.4. The zero-order valence-corrected chi connectivity index (χ0v) is 19.8. The van der Waals surface area contributed by atoms with Gasteiger partial charge in [-0.25, -0.2) is 10.0 Å². The number of benzene rings is 2. The van der Waals surface area contributed by atoms with Gasteiger partial charge in [0.1, 0.15) is 6.54 Å². The van der Waals surface area contributed by atoms with Crippen molar-refractivity contribution in [2.75, 3.05) is 26.7 Å². The first-order valence-corrected chi connectivity index (χ1v) is 11.0. The Balaban J connectivity index is 0.00000512. The van der Waals surface area contributed by atoms with E-state index < -0.39 is 5.91 Å². The molecule has 0 saturated carbocycles. The molecule has 8 heteroatoms. The van der Waals surface area contributed by atoms with E-state index in [4.69, 9.17) is 5.73 Å². The van der Waals surface area contributed by atoms with E-state index in [1.165, 1.54) is 31.3 Å². The number of unbranched alkanes of at least 4 members (excludes halogenated alkanes) is 5. The van der Waals surface area contributed by atoms with Gasteiger partial charge in [0.2, 0.25) is 5.91 Å². The molecule has 0 aliphatic carbocycles. The lowest BCUT2D eigenvalue weighted by molar-refractivity contribution is -0.146. The summed E-state index contributed by atoms with van der Waals surface area (Å²) < 4.78 is 0. The summed E-state index contributed by atoms with van der Waals surface area (Å²) in [6.07, 6.45) is 6.76. The molecule has 0 heterocycles. The molecule has 32 heavy (non-hydrogen) atoms. The maximum absolute atomic E-state index is 13.1. The van der Waals surface area contributed by atoms with Crippen molar-refractivity contribution < 1.29 is 14.4 Å². The van der Waals surface area contributed by atoms with Gasteiger partial charge in [-0.2, -0.15) is 0 Å². The average molecular weight is 463 g/mol. The Morgan fingerprint density at radius 2 is 1.59 bits per heavy atom. The minimum atomic E-state index is -0.495. The van der Waals surface area contributed by atoms with Crippen molar-refractivity contribution in [3.05, 3.63) is 48.0 Å². The monoisotopic (exact) mass is 462 g/mol. The van der Waals surface area contributed by atoms with Gasteiger partial charge < -0.3 is 11.1 Å². The van der Waals surface area contributed by atoms with Crippen LogP contribution in [0.4, 0.5) is 0 Å². The summed E-state index contributed by atoms with van der Waals surface area (Å²) in [4.78, 5) is 37.9. The average Bonchev–Trinajstić information content (AvgIpc) is 2.80. The number of rotatable bonds is 11. The Hall–Kier alpha value is -2.64. The Morgan fingerprint density at radius 1 is 0.938 bits per heavy atom. The lowest BCUT2D eigenvalue weighted by atomic mass is 10.0. The summed E-state index contributed by atoms with van der Waals surface area (Å²) in [6, 6.07) is 13.0. The molecular formula is C24H35ClN4O3. The van der Waals surface area contributed by atoms with Crippen molar-refractivity contribution in [2.45, 2.75) is 45.4 Å². The van der Waals surface area contributed by atoms with Crippen LogP contribution in [0.15, 0.2) is 42.5 Å². The number of nitrogens with one attached hydrogen (secondary N) is 1. The fourth-order valence-corrected chi connectivity index (χ4v) is 3.49. The maximum atomic E-state index is 13.1. The predicted molar refractivity (Wildman–Crippen MR) is 130 cm³/mol. The largest absolute Gasteiger partial charge is 0.354 e. The summed E-state index contributed by atoms with van der Waals surface area (Å²) in [5, 5.41) is 6.84. The van der Waals surface area contributed by atoms with Gasteiger partial charge >= 0.3 is 0 Å². The number of halogens is 1. The zero-order valence-electron chi connectivity index (χ0n) is 19.0. The van der Waals surface area contributed by atoms with E-state index >= 15 is 0 Å². The van der Waals surface area contributed by atoms with E-state index in [1.807, 2.05) is 30.3 Å². The van der Waals surface area contributed by atoms with Crippen molar-refractivity contribution in [3.63, 3.8) is 0 Å². The second-order valence-corrected chi connectivity index (χ2v) is 7.63. The van der Waals surface area contributed by atoms with Crippen molar-refractivity contribution in [1.82, 2.24) is 15.3 Å². The minimum absolute atomic E-state index is 0. The lowest BCUT2D eigenvalue weighted by Gasteiger charge is -2.31. The van der Waals surface area contributed by atoms with Gasteiger partial charge in [0.05, 0.1) is 6.54 Å². The Bertz CT molecular complexity index is 885. The number of hydrogen-bond acceptors (Lipinski definition) is 4. The van der Waals surface area contributed by atoms with Gasteiger partial charge in [0, 0.05) is 19.2 Å². The molecule has 0 fully saturated rings. The third-order valence-corrected chi connectivity index (χ3v) is 5.28. The molecule has 0 aromatic heterocycles. The molecule has 0 bridgehead atoms. The van der Waals surface area contributed by atoms with Crippen molar-refractivity contribution in [2.24, 2.45) is 5.73 Å². The number of nitrogens with two attached hydrogens (primary N) is 1. The second kappa shape index (κ2) is 14.4. The van der Waals surface area contributed by atoms with Crippen LogP contribution in [-0.2, 0) is 9.59 Å². The van der Waals surface area contributed by atoms with Crippen molar-refractivity contribution in [3.8, 4) is 0 Å². The van der Waals surface area contributed by atoms with Crippen LogP contribution in [0, 0.1) is 0 Å². The highest BCUT2D eigenvalue weighted by atomic mass is 35.5. The van der Waals surface area contributed by atoms with Gasteiger partial charge in [0.25, 0.3) is 11.8 Å². The molecule has 0 atom stereocenters. The first-order valence-electron chi connectivity index (χ1n) is 11.0. The molecule has 2 aromatic rings. The molecule has 3 amide bonds. The number of hydrogen-bond donors (Lipinski definition) is 2. The number of fused-ring (bicyclic) bond motifs is 1. The van der Waals surface area contributed by atoms with Gasteiger partial charge in [-0.05, 0) is 23.3 Å². The number of amides is 3. The van der Waals surface area contributed by atoms with E-state index in [2.05, 4.69) is 12.2 Å². The Morgan fingerprint density at radius 3 is 2.31 bits per heavy atom. The summed E-state index contributed by atoms with van der Waals surface area (Å²) >= 11 is 0. The van der Waals surface area contributed by atoms with Gasteiger partial charge in [-0.1, -0.05) is 75.4 Å². The molecule has 0 saturated heterocycles. The van der Waals surface area contributed by atoms with Crippen LogP contribution in [0.25, 0.3) is 10.8 Å². The SMILES string of the molecule is CCCCCCCCNC(=O)CN(C(=O)CN)N(C)C(=O)c1cccc2ccccc12.Cl. The third-order valence-electron chi connectivity index (χ3n) is 5.28. The molecular weight excluding hydrogens is 428 g/mol. The summed E-state index contributed by atoms with van der Waals surface area (Å²) in [5.74, 6) is -1.18. The summed E-state index contributed by atoms with van der Waals surface area (Å²) in [5.41, 5.74) is 6.00. The molecule has 0 aliphatic heterocycles. The molecule has 3 N–H and O–H groups in total. The van der Waals surface area contributed by atoms with E-state index in [9.17, 15) is 14.4 Å². The van der Waals surface area contributed by atoms with E-state index in [0.29, 0.717) is 12.1 Å². The molecule has 0 unspecified atom stereocenters. The standard InChI is InChI=1S/C24H34N4O3.ClH/c1-3-4-5-6-7-10-16-26-22(29)18-28(23(30)17-25)27(2)24(31)21-15-11-13-19-12-8-9-14-20(19)21;/h8-9,11-15H,3-7,10,16-18,25H2,1-2H3,(H,26,29);1H. The predicted octanol–water partition coefficient (Wildman–Crippen LogP) is 3.51. The Kier molecular flexibility index (Phi) is 12.4. The maximum Gasteiger partial charge on any atom is 0.272 e. The van der Waals surface area contributed by atoms with E-state index in [0.717, 1.165) is 35.0 Å². The number of carbonyl (C=O) groups excluding carboxylic acids is 3. The highest BCUT2D eigenvalue weighted by molar-refractivity contribution is 6.07. The van der Waals surface area contributed by atoms with Gasteiger partial charge in [-0.15, -0.1) is 12.4 Å². The van der Waals surface area contributed by atoms with Crippen LogP contribution in [0.5, 0.6) is 0 Å². The van der Waals surface area contributed by atoms with Crippen molar-refractivity contribution >= 4 is 40.9 Å². The smallest absolute Gasteiger partial charge is 0.272 e. The molecule has 0 spiro atoms. The molecule has 176 valence electrons. The molecule has 0 radical (unpaired) electrons. The van der Waals surface area contributed by atoms with E-state index in [1.54, 1.807) is 12.1 Å². The fraction of sp³-hybridized carbons (Fsp3) is 0.458. The Labute approximate surface area is 196 Å². The topological polar surface area (TPSA) is 95.7 Å². The lowest BCUT2D eigenvalue weighted by Crippen LogP contribution is -2.53. The minimum Gasteiger partial charge on any atom is -0.354 e. The number of nitrogens with zero attached hydrogens (tertiary/aromatic N) is 2. The second-order valence-electron chi connectivity index (χ2n) is 7.63. The first-order chi connectivity index (χ1) is 15.0. The van der Waals surface area contributed by atoms with Crippen molar-refractivity contribution in [1.29, 1.82) is 0 Å². The highest BCUT2D eigenvalue weighted by Crippen LogP contribution is 2.20. The van der Waals surface area contributed by atoms with Crippen LogP contribution < -0.4 is 11.1 Å². The number of hydrazine groups is 1. The van der Waals surface area contributed by atoms with Crippen LogP contribution in [-0.4, -0.2) is 54.4 Å². The molecule has 2 rings (SSSR count). The van der Waals surface area contributed by atoms with Crippen LogP contribution >= 0.6 is 12.4 Å². The van der Waals surface area contributed by atoms with Gasteiger partial charge in [-0.3, -0.25) is 14.4 Å². The molecule has 0 aliphatic rings.